The zero-order valence-electron chi connectivity index (χ0n) is 9.42. The second-order valence-corrected chi connectivity index (χ2v) is 3.91. The molecule has 14 heavy (non-hydrogen) atoms. The van der Waals surface area contributed by atoms with Gasteiger partial charge >= 0.3 is 0 Å². The zero-order valence-corrected chi connectivity index (χ0v) is 9.42. The summed E-state index contributed by atoms with van der Waals surface area (Å²) in [6.07, 6.45) is 2.39. The van der Waals surface area contributed by atoms with Gasteiger partial charge in [0, 0.05) is 13.0 Å². The van der Waals surface area contributed by atoms with Crippen molar-refractivity contribution in [2.75, 3.05) is 13.1 Å². The fourth-order valence-corrected chi connectivity index (χ4v) is 1.22. The van der Waals surface area contributed by atoms with Crippen LogP contribution in [0.3, 0.4) is 0 Å². The summed E-state index contributed by atoms with van der Waals surface area (Å²) in [4.78, 5) is 13.2. The van der Waals surface area contributed by atoms with Crippen molar-refractivity contribution in [3.63, 3.8) is 0 Å². The number of carbonyl (C=O) groups is 1. The molecule has 0 N–H and O–H groups in total. The molecular weight excluding hydrogens is 176 g/mol. The van der Waals surface area contributed by atoms with E-state index in [2.05, 4.69) is 13.8 Å². The van der Waals surface area contributed by atoms with E-state index in [9.17, 15) is 4.79 Å². The van der Waals surface area contributed by atoms with E-state index in [0.717, 1.165) is 12.8 Å². The molecule has 0 saturated heterocycles. The van der Waals surface area contributed by atoms with Gasteiger partial charge in [-0.05, 0) is 18.8 Å². The minimum atomic E-state index is 0.113. The van der Waals surface area contributed by atoms with Gasteiger partial charge in [-0.2, -0.15) is 5.26 Å². The van der Waals surface area contributed by atoms with Crippen LogP contribution in [0, 0.1) is 17.2 Å². The first-order chi connectivity index (χ1) is 6.61. The van der Waals surface area contributed by atoms with Gasteiger partial charge in [-0.15, -0.1) is 0 Å². The molecule has 0 aromatic heterocycles. The number of amides is 1. The number of rotatable bonds is 6. The highest BCUT2D eigenvalue weighted by Crippen LogP contribution is 2.06. The van der Waals surface area contributed by atoms with Crippen LogP contribution in [0.15, 0.2) is 0 Å². The van der Waals surface area contributed by atoms with Crippen LogP contribution in [0.5, 0.6) is 0 Å². The zero-order chi connectivity index (χ0) is 11.0. The molecule has 0 radical (unpaired) electrons. The Bertz CT molecular complexity index is 206. The van der Waals surface area contributed by atoms with E-state index in [1.54, 1.807) is 4.90 Å². The predicted molar refractivity (Wildman–Crippen MR) is 56.6 cm³/mol. The fraction of sp³-hybridized carbons (Fsp3) is 0.818. The van der Waals surface area contributed by atoms with E-state index in [0.29, 0.717) is 18.9 Å². The largest absolute Gasteiger partial charge is 0.329 e. The summed E-state index contributed by atoms with van der Waals surface area (Å²) >= 11 is 0. The van der Waals surface area contributed by atoms with Gasteiger partial charge in [0.1, 0.15) is 6.54 Å². The highest BCUT2D eigenvalue weighted by atomic mass is 16.2. The summed E-state index contributed by atoms with van der Waals surface area (Å²) < 4.78 is 0. The lowest BCUT2D eigenvalue weighted by Crippen LogP contribution is -2.32. The molecule has 3 heteroatoms. The monoisotopic (exact) mass is 196 g/mol. The first kappa shape index (κ1) is 13.0. The van der Waals surface area contributed by atoms with E-state index >= 15 is 0 Å². The second kappa shape index (κ2) is 7.37. The van der Waals surface area contributed by atoms with E-state index in [1.807, 2.05) is 13.0 Å². The third kappa shape index (κ3) is 5.58. The number of carbonyl (C=O) groups excluding carboxylic acids is 1. The Labute approximate surface area is 86.7 Å². The van der Waals surface area contributed by atoms with Gasteiger partial charge in [0.25, 0.3) is 0 Å². The Morgan fingerprint density at radius 2 is 2.14 bits per heavy atom. The lowest BCUT2D eigenvalue weighted by Gasteiger charge is -2.18. The minimum absolute atomic E-state index is 0.113. The number of nitriles is 1. The van der Waals surface area contributed by atoms with Crippen LogP contribution in [0.4, 0.5) is 0 Å². The third-order valence-electron chi connectivity index (χ3n) is 2.04. The third-order valence-corrected chi connectivity index (χ3v) is 2.04. The van der Waals surface area contributed by atoms with Gasteiger partial charge in [-0.1, -0.05) is 20.8 Å². The number of nitrogens with zero attached hydrogens (tertiary/aromatic N) is 2. The Balaban J connectivity index is 3.96. The Hall–Kier alpha value is -1.04. The van der Waals surface area contributed by atoms with Gasteiger partial charge in [0.2, 0.25) is 5.91 Å². The maximum atomic E-state index is 11.6. The summed E-state index contributed by atoms with van der Waals surface area (Å²) in [6, 6.07) is 2.03. The summed E-state index contributed by atoms with van der Waals surface area (Å²) in [6.45, 7) is 7.14. The van der Waals surface area contributed by atoms with Crippen molar-refractivity contribution in [1.82, 2.24) is 4.90 Å². The molecule has 0 aromatic carbocycles. The Kier molecular flexibility index (Phi) is 6.82. The highest BCUT2D eigenvalue weighted by Gasteiger charge is 2.11. The van der Waals surface area contributed by atoms with Gasteiger partial charge in [0.05, 0.1) is 6.07 Å². The van der Waals surface area contributed by atoms with Gasteiger partial charge < -0.3 is 4.90 Å². The van der Waals surface area contributed by atoms with Crippen LogP contribution < -0.4 is 0 Å². The summed E-state index contributed by atoms with van der Waals surface area (Å²) in [5, 5.41) is 8.55. The average molecular weight is 196 g/mol. The first-order valence-electron chi connectivity index (χ1n) is 5.26. The van der Waals surface area contributed by atoms with Crippen molar-refractivity contribution in [2.45, 2.75) is 40.0 Å². The molecule has 0 aliphatic heterocycles. The van der Waals surface area contributed by atoms with Crippen molar-refractivity contribution >= 4 is 5.91 Å². The average Bonchev–Trinajstić information content (AvgIpc) is 2.14. The lowest BCUT2D eigenvalue weighted by molar-refractivity contribution is -0.130. The fourth-order valence-electron chi connectivity index (χ4n) is 1.22. The molecule has 0 unspecified atom stereocenters. The van der Waals surface area contributed by atoms with Crippen molar-refractivity contribution < 1.29 is 4.79 Å². The van der Waals surface area contributed by atoms with Gasteiger partial charge in [0.15, 0.2) is 0 Å². The highest BCUT2D eigenvalue weighted by molar-refractivity contribution is 5.76. The maximum Gasteiger partial charge on any atom is 0.223 e. The minimum Gasteiger partial charge on any atom is -0.329 e. The van der Waals surface area contributed by atoms with Crippen LogP contribution >= 0.6 is 0 Å². The molecule has 0 aromatic rings. The molecule has 0 bridgehead atoms. The Morgan fingerprint density at radius 1 is 1.50 bits per heavy atom. The van der Waals surface area contributed by atoms with Crippen molar-refractivity contribution in [2.24, 2.45) is 5.92 Å². The lowest BCUT2D eigenvalue weighted by atomic mass is 10.1. The molecule has 0 aliphatic rings. The molecule has 0 aliphatic carbocycles. The van der Waals surface area contributed by atoms with E-state index < -0.39 is 0 Å². The van der Waals surface area contributed by atoms with E-state index in [1.165, 1.54) is 0 Å². The molecule has 0 fully saturated rings. The van der Waals surface area contributed by atoms with Crippen LogP contribution in [0.25, 0.3) is 0 Å². The summed E-state index contributed by atoms with van der Waals surface area (Å²) in [5.41, 5.74) is 0. The molecule has 0 rings (SSSR count). The van der Waals surface area contributed by atoms with E-state index in [-0.39, 0.29) is 12.5 Å². The van der Waals surface area contributed by atoms with Crippen molar-refractivity contribution in [3.8, 4) is 6.07 Å². The topological polar surface area (TPSA) is 44.1 Å². The van der Waals surface area contributed by atoms with Crippen LogP contribution in [-0.2, 0) is 4.79 Å². The molecule has 3 nitrogen and oxygen atoms in total. The molecule has 0 atom stereocenters. The van der Waals surface area contributed by atoms with Crippen LogP contribution in [0.1, 0.15) is 40.0 Å². The number of hydrogen-bond donors (Lipinski definition) is 0. The number of hydrogen-bond acceptors (Lipinski definition) is 2. The molecule has 0 saturated carbocycles. The van der Waals surface area contributed by atoms with Crippen LogP contribution in [-0.4, -0.2) is 23.9 Å². The molecule has 0 heterocycles. The van der Waals surface area contributed by atoms with Crippen molar-refractivity contribution in [1.29, 1.82) is 5.26 Å². The SMILES string of the molecule is CCCN(CC#N)C(=O)CCC(C)C. The van der Waals surface area contributed by atoms with Crippen molar-refractivity contribution in [3.05, 3.63) is 0 Å². The van der Waals surface area contributed by atoms with Gasteiger partial charge in [-0.25, -0.2) is 0 Å². The molecule has 80 valence electrons. The van der Waals surface area contributed by atoms with Crippen LogP contribution in [0.2, 0.25) is 0 Å². The maximum absolute atomic E-state index is 11.6. The standard InChI is InChI=1S/C11H20N2O/c1-4-8-13(9-7-12)11(14)6-5-10(2)3/h10H,4-6,8-9H2,1-3H3. The molecule has 1 amide bonds. The van der Waals surface area contributed by atoms with Gasteiger partial charge in [-0.3, -0.25) is 4.79 Å². The molecular formula is C11H20N2O. The Morgan fingerprint density at radius 3 is 2.57 bits per heavy atom. The first-order valence-corrected chi connectivity index (χ1v) is 5.26. The normalized spacial score (nSPS) is 9.93. The van der Waals surface area contributed by atoms with E-state index in [4.69, 9.17) is 5.26 Å². The summed E-state index contributed by atoms with van der Waals surface area (Å²) in [5.74, 6) is 0.659. The predicted octanol–water partition coefficient (Wildman–Crippen LogP) is 2.18. The summed E-state index contributed by atoms with van der Waals surface area (Å²) in [7, 11) is 0. The second-order valence-electron chi connectivity index (χ2n) is 3.91. The smallest absolute Gasteiger partial charge is 0.223 e. The molecule has 0 spiro atoms. The quantitative estimate of drug-likeness (QED) is 0.611.